The number of ether oxygens (including phenoxy) is 1. The maximum absolute atomic E-state index is 12.7. The molecule has 2 amide bonds. The number of nitrogens with zero attached hydrogens (tertiary/aromatic N) is 1. The number of hydroxylamine groups is 1. The van der Waals surface area contributed by atoms with Crippen molar-refractivity contribution in [3.8, 4) is 17.0 Å². The number of carbonyl (C=O) groups excluding carboxylic acids is 2. The molecule has 3 aromatic rings. The van der Waals surface area contributed by atoms with Gasteiger partial charge in [0.1, 0.15) is 0 Å². The number of pyridine rings is 1. The molecular formula is C22H21N3O4. The Bertz CT molecular complexity index is 1000. The van der Waals surface area contributed by atoms with Gasteiger partial charge in [-0.3, -0.25) is 14.8 Å². The molecule has 0 radical (unpaired) electrons. The highest BCUT2D eigenvalue weighted by Gasteiger charge is 2.19. The first-order valence-electron chi connectivity index (χ1n) is 8.98. The molecule has 0 aliphatic carbocycles. The second-order valence-corrected chi connectivity index (χ2v) is 6.40. The lowest BCUT2D eigenvalue weighted by Crippen LogP contribution is -2.27. The van der Waals surface area contributed by atoms with Gasteiger partial charge in [-0.25, -0.2) is 10.5 Å². The number of hydrogen-bond acceptors (Lipinski definition) is 5. The molecule has 0 unspecified atom stereocenters. The molecule has 0 spiro atoms. The van der Waals surface area contributed by atoms with Crippen LogP contribution in [0, 0.1) is 0 Å². The molecule has 7 heteroatoms. The number of rotatable bonds is 6. The van der Waals surface area contributed by atoms with Crippen molar-refractivity contribution in [1.29, 1.82) is 0 Å². The number of methoxy groups -OCH3 is 1. The third-order valence-electron chi connectivity index (χ3n) is 4.50. The number of amides is 2. The van der Waals surface area contributed by atoms with E-state index in [9.17, 15) is 9.59 Å². The van der Waals surface area contributed by atoms with Crippen molar-refractivity contribution in [3.63, 3.8) is 0 Å². The lowest BCUT2D eigenvalue weighted by Gasteiger charge is -2.17. The van der Waals surface area contributed by atoms with E-state index in [1.807, 2.05) is 42.5 Å². The Labute approximate surface area is 168 Å². The summed E-state index contributed by atoms with van der Waals surface area (Å²) in [5.74, 6) is -0.681. The monoisotopic (exact) mass is 391 g/mol. The predicted octanol–water partition coefficient (Wildman–Crippen LogP) is 3.37. The van der Waals surface area contributed by atoms with E-state index in [-0.39, 0.29) is 17.4 Å². The fraction of sp³-hybridized carbons (Fsp3) is 0.136. The maximum Gasteiger partial charge on any atom is 0.276 e. The quantitative estimate of drug-likeness (QED) is 0.442. The molecule has 3 N–H and O–H groups in total. The number of aromatic nitrogens is 1. The van der Waals surface area contributed by atoms with Gasteiger partial charge in [0.05, 0.1) is 18.7 Å². The van der Waals surface area contributed by atoms with E-state index in [4.69, 9.17) is 9.94 Å². The zero-order valence-corrected chi connectivity index (χ0v) is 16.0. The molecule has 0 aliphatic heterocycles. The van der Waals surface area contributed by atoms with Crippen LogP contribution in [-0.2, 0) is 0 Å². The summed E-state index contributed by atoms with van der Waals surface area (Å²) < 4.78 is 5.23. The summed E-state index contributed by atoms with van der Waals surface area (Å²) in [6.07, 6.45) is 1.28. The standard InChI is InChI=1S/C22H21N3O4/c1-14(19-12-18(21(27)25-28)13-23-22(19)29-2)24-20(26)17-10-8-16(9-11-17)15-6-4-3-5-7-15/h3-14,28H,1-2H3,(H,24,26)(H,25,27)/t14-/m0/s1. The Kier molecular flexibility index (Phi) is 6.21. The minimum atomic E-state index is -0.698. The van der Waals surface area contributed by atoms with Crippen LogP contribution in [0.25, 0.3) is 11.1 Å². The van der Waals surface area contributed by atoms with Crippen LogP contribution in [0.15, 0.2) is 66.9 Å². The van der Waals surface area contributed by atoms with Gasteiger partial charge in [-0.1, -0.05) is 42.5 Å². The van der Waals surface area contributed by atoms with Crippen LogP contribution in [0.5, 0.6) is 5.88 Å². The molecule has 1 atom stereocenters. The molecule has 1 aromatic heterocycles. The van der Waals surface area contributed by atoms with E-state index in [1.54, 1.807) is 24.5 Å². The Morgan fingerprint density at radius 1 is 0.966 bits per heavy atom. The summed E-state index contributed by atoms with van der Waals surface area (Å²) in [6, 6.07) is 18.2. The van der Waals surface area contributed by atoms with Gasteiger partial charge in [0.15, 0.2) is 0 Å². The van der Waals surface area contributed by atoms with Crippen molar-refractivity contribution >= 4 is 11.8 Å². The Balaban J connectivity index is 1.77. The molecule has 0 saturated carbocycles. The third kappa shape index (κ3) is 4.59. The van der Waals surface area contributed by atoms with E-state index in [2.05, 4.69) is 10.3 Å². The minimum Gasteiger partial charge on any atom is -0.481 e. The molecular weight excluding hydrogens is 370 g/mol. The highest BCUT2D eigenvalue weighted by molar-refractivity contribution is 5.95. The number of carbonyl (C=O) groups is 2. The lowest BCUT2D eigenvalue weighted by molar-refractivity contribution is 0.0705. The van der Waals surface area contributed by atoms with E-state index in [0.29, 0.717) is 11.1 Å². The largest absolute Gasteiger partial charge is 0.481 e. The fourth-order valence-electron chi connectivity index (χ4n) is 2.94. The maximum atomic E-state index is 12.7. The van der Waals surface area contributed by atoms with Crippen molar-refractivity contribution in [1.82, 2.24) is 15.8 Å². The van der Waals surface area contributed by atoms with Crippen LogP contribution >= 0.6 is 0 Å². The van der Waals surface area contributed by atoms with Gasteiger partial charge in [-0.05, 0) is 36.2 Å². The molecule has 3 rings (SSSR count). The van der Waals surface area contributed by atoms with Gasteiger partial charge in [0.2, 0.25) is 5.88 Å². The second kappa shape index (κ2) is 8.99. The summed E-state index contributed by atoms with van der Waals surface area (Å²) in [7, 11) is 1.45. The first kappa shape index (κ1) is 20.0. The summed E-state index contributed by atoms with van der Waals surface area (Å²) in [6.45, 7) is 1.76. The van der Waals surface area contributed by atoms with E-state index in [1.165, 1.54) is 19.4 Å². The second-order valence-electron chi connectivity index (χ2n) is 6.40. The smallest absolute Gasteiger partial charge is 0.276 e. The van der Waals surface area contributed by atoms with Crippen LogP contribution < -0.4 is 15.5 Å². The number of hydrogen-bond donors (Lipinski definition) is 3. The molecule has 0 bridgehead atoms. The highest BCUT2D eigenvalue weighted by Crippen LogP contribution is 2.25. The molecule has 0 aliphatic rings. The number of benzene rings is 2. The fourth-order valence-corrected chi connectivity index (χ4v) is 2.94. The van der Waals surface area contributed by atoms with Crippen molar-refractivity contribution < 1.29 is 19.5 Å². The number of nitrogens with one attached hydrogen (secondary N) is 2. The van der Waals surface area contributed by atoms with E-state index in [0.717, 1.165) is 11.1 Å². The minimum absolute atomic E-state index is 0.150. The molecule has 148 valence electrons. The van der Waals surface area contributed by atoms with Gasteiger partial charge < -0.3 is 10.1 Å². The Hall–Kier alpha value is -3.71. The van der Waals surface area contributed by atoms with Crippen LogP contribution in [0.1, 0.15) is 39.2 Å². The molecule has 0 fully saturated rings. The van der Waals surface area contributed by atoms with Crippen LogP contribution in [0.3, 0.4) is 0 Å². The van der Waals surface area contributed by atoms with Crippen molar-refractivity contribution in [2.75, 3.05) is 7.11 Å². The average Bonchev–Trinajstić information content (AvgIpc) is 2.78. The summed E-state index contributed by atoms with van der Waals surface area (Å²) in [5.41, 5.74) is 4.83. The SMILES string of the molecule is COc1ncc(C(=O)NO)cc1[C@H](C)NC(=O)c1ccc(-c2ccccc2)cc1. The molecule has 2 aromatic carbocycles. The Morgan fingerprint density at radius 2 is 1.62 bits per heavy atom. The molecule has 0 saturated heterocycles. The zero-order chi connectivity index (χ0) is 20.8. The summed E-state index contributed by atoms with van der Waals surface area (Å²) in [5, 5.41) is 11.7. The third-order valence-corrected chi connectivity index (χ3v) is 4.50. The first-order chi connectivity index (χ1) is 14.0. The van der Waals surface area contributed by atoms with Gasteiger partial charge in [0.25, 0.3) is 11.8 Å². The van der Waals surface area contributed by atoms with Gasteiger partial charge in [-0.2, -0.15) is 0 Å². The summed E-state index contributed by atoms with van der Waals surface area (Å²) >= 11 is 0. The zero-order valence-electron chi connectivity index (χ0n) is 16.0. The van der Waals surface area contributed by atoms with Crippen molar-refractivity contribution in [3.05, 3.63) is 83.6 Å². The van der Waals surface area contributed by atoms with Crippen molar-refractivity contribution in [2.24, 2.45) is 0 Å². The van der Waals surface area contributed by atoms with Gasteiger partial charge in [0, 0.05) is 17.3 Å². The highest BCUT2D eigenvalue weighted by atomic mass is 16.5. The van der Waals surface area contributed by atoms with E-state index >= 15 is 0 Å². The average molecular weight is 391 g/mol. The normalized spacial score (nSPS) is 11.4. The topological polar surface area (TPSA) is 101 Å². The lowest BCUT2D eigenvalue weighted by atomic mass is 10.0. The van der Waals surface area contributed by atoms with Gasteiger partial charge in [-0.15, -0.1) is 0 Å². The first-order valence-corrected chi connectivity index (χ1v) is 8.98. The molecule has 1 heterocycles. The van der Waals surface area contributed by atoms with E-state index < -0.39 is 11.9 Å². The van der Waals surface area contributed by atoms with Crippen LogP contribution in [0.2, 0.25) is 0 Å². The van der Waals surface area contributed by atoms with Gasteiger partial charge >= 0.3 is 0 Å². The molecule has 29 heavy (non-hydrogen) atoms. The van der Waals surface area contributed by atoms with Crippen LogP contribution in [-0.4, -0.2) is 29.1 Å². The predicted molar refractivity (Wildman–Crippen MR) is 108 cm³/mol. The molecule has 7 nitrogen and oxygen atoms in total. The van der Waals surface area contributed by atoms with Crippen molar-refractivity contribution in [2.45, 2.75) is 13.0 Å². The summed E-state index contributed by atoms with van der Waals surface area (Å²) in [4.78, 5) is 28.4. The Morgan fingerprint density at radius 3 is 2.24 bits per heavy atom. The van der Waals surface area contributed by atoms with Crippen LogP contribution in [0.4, 0.5) is 0 Å².